The standard InChI is InChI=1S/C30H32F2O3/c1-3-34-25-13-15-26(16-14-25)35-30(33)23-11-9-22(10-12-23)24-18-28(31)27(29(32)19-24)17-20(2)21-7-5-4-6-8-21/h4-8,13-16,18-20,22-23H,3,9-12,17H2,1-2H3/t20-,22?,23?/m0/s1. The van der Waals surface area contributed by atoms with Crippen LogP contribution < -0.4 is 9.47 Å². The Hall–Kier alpha value is -3.21. The highest BCUT2D eigenvalue weighted by Gasteiger charge is 2.29. The first-order valence-electron chi connectivity index (χ1n) is 12.4. The quantitative estimate of drug-likeness (QED) is 0.247. The Morgan fingerprint density at radius 1 is 0.914 bits per heavy atom. The van der Waals surface area contributed by atoms with Crippen molar-refractivity contribution in [2.75, 3.05) is 6.61 Å². The molecule has 1 aliphatic carbocycles. The number of carbonyl (C=O) groups excluding carboxylic acids is 1. The largest absolute Gasteiger partial charge is 0.494 e. The fourth-order valence-corrected chi connectivity index (χ4v) is 4.89. The fraction of sp³-hybridized carbons (Fsp3) is 0.367. The number of esters is 1. The van der Waals surface area contributed by atoms with E-state index in [1.54, 1.807) is 24.3 Å². The second-order valence-electron chi connectivity index (χ2n) is 9.35. The lowest BCUT2D eigenvalue weighted by Crippen LogP contribution is -2.25. The first-order chi connectivity index (χ1) is 16.9. The van der Waals surface area contributed by atoms with Gasteiger partial charge in [0.2, 0.25) is 0 Å². The lowest BCUT2D eigenvalue weighted by Gasteiger charge is -2.28. The third-order valence-corrected chi connectivity index (χ3v) is 6.93. The maximum atomic E-state index is 14.9. The number of carbonyl (C=O) groups is 1. The van der Waals surface area contributed by atoms with Gasteiger partial charge in [0.1, 0.15) is 23.1 Å². The second-order valence-corrected chi connectivity index (χ2v) is 9.35. The molecular weight excluding hydrogens is 446 g/mol. The van der Waals surface area contributed by atoms with E-state index in [4.69, 9.17) is 9.47 Å². The van der Waals surface area contributed by atoms with E-state index in [1.807, 2.05) is 44.2 Å². The zero-order chi connectivity index (χ0) is 24.8. The van der Waals surface area contributed by atoms with E-state index < -0.39 is 11.6 Å². The molecule has 0 heterocycles. The first kappa shape index (κ1) is 24.9. The third kappa shape index (κ3) is 6.27. The van der Waals surface area contributed by atoms with Gasteiger partial charge in [-0.3, -0.25) is 4.79 Å². The molecule has 0 aromatic heterocycles. The average molecular weight is 479 g/mol. The minimum atomic E-state index is -0.486. The van der Waals surface area contributed by atoms with Crippen molar-refractivity contribution < 1.29 is 23.0 Å². The summed E-state index contributed by atoms with van der Waals surface area (Å²) in [6.07, 6.45) is 2.97. The van der Waals surface area contributed by atoms with Gasteiger partial charge in [0, 0.05) is 5.56 Å². The number of rotatable bonds is 8. The molecule has 4 rings (SSSR count). The molecule has 3 aromatic rings. The van der Waals surface area contributed by atoms with E-state index >= 15 is 0 Å². The number of hydrogen-bond donors (Lipinski definition) is 0. The number of hydrogen-bond acceptors (Lipinski definition) is 3. The lowest BCUT2D eigenvalue weighted by molar-refractivity contribution is -0.140. The molecule has 1 saturated carbocycles. The molecule has 3 nitrogen and oxygen atoms in total. The minimum absolute atomic E-state index is 0.0166. The molecule has 1 fully saturated rings. The maximum absolute atomic E-state index is 14.9. The second kappa shape index (κ2) is 11.5. The van der Waals surface area contributed by atoms with Gasteiger partial charge in [0.25, 0.3) is 0 Å². The Kier molecular flexibility index (Phi) is 8.17. The molecule has 0 radical (unpaired) electrons. The summed E-state index contributed by atoms with van der Waals surface area (Å²) in [5, 5.41) is 0. The van der Waals surface area contributed by atoms with Gasteiger partial charge in [-0.2, -0.15) is 0 Å². The van der Waals surface area contributed by atoms with Crippen molar-refractivity contribution in [1.82, 2.24) is 0 Å². The zero-order valence-electron chi connectivity index (χ0n) is 20.3. The summed E-state index contributed by atoms with van der Waals surface area (Å²) in [6.45, 7) is 4.47. The molecule has 0 spiro atoms. The number of benzene rings is 3. The SMILES string of the molecule is CCOc1ccc(OC(=O)C2CCC(c3cc(F)c(C[C@H](C)c4ccccc4)c(F)c3)CC2)cc1. The van der Waals surface area contributed by atoms with Crippen LogP contribution in [0.3, 0.4) is 0 Å². The van der Waals surface area contributed by atoms with Crippen LogP contribution in [0.1, 0.15) is 68.1 Å². The Bertz CT molecular complexity index is 1100. The van der Waals surface area contributed by atoms with Crippen LogP contribution in [0.4, 0.5) is 8.78 Å². The summed E-state index contributed by atoms with van der Waals surface area (Å²) < 4.78 is 40.8. The molecule has 184 valence electrons. The van der Waals surface area contributed by atoms with Gasteiger partial charge in [-0.25, -0.2) is 8.78 Å². The summed E-state index contributed by atoms with van der Waals surface area (Å²) in [5.74, 6) is -0.164. The highest BCUT2D eigenvalue weighted by molar-refractivity contribution is 5.75. The van der Waals surface area contributed by atoms with Gasteiger partial charge < -0.3 is 9.47 Å². The topological polar surface area (TPSA) is 35.5 Å². The Morgan fingerprint density at radius 3 is 2.11 bits per heavy atom. The van der Waals surface area contributed by atoms with Crippen molar-refractivity contribution in [2.24, 2.45) is 5.92 Å². The van der Waals surface area contributed by atoms with Gasteiger partial charge in [-0.15, -0.1) is 0 Å². The normalized spacial score (nSPS) is 18.6. The van der Waals surface area contributed by atoms with Gasteiger partial charge in [-0.05, 0) is 98.4 Å². The molecule has 0 unspecified atom stereocenters. The van der Waals surface area contributed by atoms with Crippen molar-refractivity contribution in [1.29, 1.82) is 0 Å². The van der Waals surface area contributed by atoms with Crippen LogP contribution in [0, 0.1) is 17.6 Å². The molecule has 0 amide bonds. The molecule has 0 aliphatic heterocycles. The number of ether oxygens (including phenoxy) is 2. The van der Waals surface area contributed by atoms with E-state index in [1.165, 1.54) is 12.1 Å². The first-order valence-corrected chi connectivity index (χ1v) is 12.4. The summed E-state index contributed by atoms with van der Waals surface area (Å²) in [7, 11) is 0. The molecule has 0 bridgehead atoms. The average Bonchev–Trinajstić information content (AvgIpc) is 2.88. The Labute approximate surface area is 206 Å². The molecule has 5 heteroatoms. The van der Waals surface area contributed by atoms with Crippen LogP contribution in [0.5, 0.6) is 11.5 Å². The van der Waals surface area contributed by atoms with Gasteiger partial charge >= 0.3 is 5.97 Å². The predicted molar refractivity (Wildman–Crippen MR) is 133 cm³/mol. The van der Waals surface area contributed by atoms with Crippen LogP contribution >= 0.6 is 0 Å². The van der Waals surface area contributed by atoms with Crippen molar-refractivity contribution in [2.45, 2.75) is 57.8 Å². The third-order valence-electron chi connectivity index (χ3n) is 6.93. The number of halogens is 2. The van der Waals surface area contributed by atoms with E-state index in [0.717, 1.165) is 11.3 Å². The smallest absolute Gasteiger partial charge is 0.314 e. The van der Waals surface area contributed by atoms with E-state index in [2.05, 4.69) is 0 Å². The monoisotopic (exact) mass is 478 g/mol. The van der Waals surface area contributed by atoms with E-state index in [-0.39, 0.29) is 29.3 Å². The van der Waals surface area contributed by atoms with Crippen LogP contribution in [0.15, 0.2) is 66.7 Å². The summed E-state index contributed by atoms with van der Waals surface area (Å²) >= 11 is 0. The molecule has 1 atom stereocenters. The zero-order valence-corrected chi connectivity index (χ0v) is 20.3. The van der Waals surface area contributed by atoms with Crippen molar-refractivity contribution in [3.63, 3.8) is 0 Å². The van der Waals surface area contributed by atoms with Gasteiger partial charge in [-0.1, -0.05) is 37.3 Å². The van der Waals surface area contributed by atoms with Crippen LogP contribution in [-0.4, -0.2) is 12.6 Å². The molecular formula is C30H32F2O3. The lowest BCUT2D eigenvalue weighted by atomic mass is 9.78. The van der Waals surface area contributed by atoms with E-state index in [9.17, 15) is 13.6 Å². The van der Waals surface area contributed by atoms with Crippen molar-refractivity contribution >= 4 is 5.97 Å². The highest BCUT2D eigenvalue weighted by Crippen LogP contribution is 2.38. The molecule has 3 aromatic carbocycles. The van der Waals surface area contributed by atoms with Crippen LogP contribution in [0.2, 0.25) is 0 Å². The summed E-state index contributed by atoms with van der Waals surface area (Å²) in [4.78, 5) is 12.6. The van der Waals surface area contributed by atoms with Crippen LogP contribution in [0.25, 0.3) is 0 Å². The van der Waals surface area contributed by atoms with Gasteiger partial charge in [0.05, 0.1) is 12.5 Å². The Morgan fingerprint density at radius 2 is 1.51 bits per heavy atom. The fourth-order valence-electron chi connectivity index (χ4n) is 4.89. The minimum Gasteiger partial charge on any atom is -0.494 e. The summed E-state index contributed by atoms with van der Waals surface area (Å²) in [6, 6.07) is 19.7. The Balaban J connectivity index is 1.34. The summed E-state index contributed by atoms with van der Waals surface area (Å²) in [5.41, 5.74) is 1.87. The molecule has 0 saturated heterocycles. The van der Waals surface area contributed by atoms with Crippen molar-refractivity contribution in [3.8, 4) is 11.5 Å². The van der Waals surface area contributed by atoms with Gasteiger partial charge in [0.15, 0.2) is 0 Å². The van der Waals surface area contributed by atoms with E-state index in [0.29, 0.717) is 50.0 Å². The molecule has 1 aliphatic rings. The predicted octanol–water partition coefficient (Wildman–Crippen LogP) is 7.59. The van der Waals surface area contributed by atoms with Crippen molar-refractivity contribution in [3.05, 3.63) is 95.1 Å². The highest BCUT2D eigenvalue weighted by atomic mass is 19.1. The molecule has 35 heavy (non-hydrogen) atoms. The maximum Gasteiger partial charge on any atom is 0.314 e. The van der Waals surface area contributed by atoms with Crippen LogP contribution in [-0.2, 0) is 11.2 Å². The molecule has 0 N–H and O–H groups in total.